The predicted molar refractivity (Wildman–Crippen MR) is 79.8 cm³/mol. The van der Waals surface area contributed by atoms with Gasteiger partial charge >= 0.3 is 0 Å². The van der Waals surface area contributed by atoms with E-state index in [1.807, 2.05) is 48.6 Å². The Balaban J connectivity index is 1.95. The van der Waals surface area contributed by atoms with E-state index in [4.69, 9.17) is 10.00 Å². The first kappa shape index (κ1) is 13.4. The zero-order valence-corrected chi connectivity index (χ0v) is 11.8. The molecule has 0 aliphatic heterocycles. The summed E-state index contributed by atoms with van der Waals surface area (Å²) in [6, 6.07) is 17.5. The number of nitrogens with zero attached hydrogens (tertiary/aromatic N) is 1. The van der Waals surface area contributed by atoms with E-state index in [1.54, 1.807) is 12.1 Å². The first-order chi connectivity index (χ1) is 9.28. The molecule has 2 aromatic rings. The quantitative estimate of drug-likeness (QED) is 0.837. The Labute approximate surface area is 121 Å². The molecule has 94 valence electrons. The second-order valence-corrected chi connectivity index (χ2v) is 4.83. The Hall–Kier alpha value is -2.05. The maximum Gasteiger partial charge on any atom is 0.122 e. The monoisotopic (exact) mass is 313 g/mol. The number of halogens is 1. The molecular weight excluding hydrogens is 302 g/mol. The molecule has 0 aliphatic carbocycles. The van der Waals surface area contributed by atoms with Gasteiger partial charge in [-0.3, -0.25) is 0 Å². The van der Waals surface area contributed by atoms with Gasteiger partial charge in [0.05, 0.1) is 11.6 Å². The third-order valence-electron chi connectivity index (χ3n) is 2.46. The Kier molecular flexibility index (Phi) is 4.77. The highest BCUT2D eigenvalue weighted by Crippen LogP contribution is 2.21. The molecule has 0 saturated heterocycles. The van der Waals surface area contributed by atoms with Crippen LogP contribution in [0.2, 0.25) is 0 Å². The predicted octanol–water partition coefficient (Wildman–Crippen LogP) is 4.41. The van der Waals surface area contributed by atoms with E-state index in [2.05, 4.69) is 22.0 Å². The van der Waals surface area contributed by atoms with Gasteiger partial charge in [0.15, 0.2) is 0 Å². The lowest BCUT2D eigenvalue weighted by molar-refractivity contribution is 0.363. The third-order valence-corrected chi connectivity index (χ3v) is 2.91. The van der Waals surface area contributed by atoms with E-state index < -0.39 is 0 Å². The molecule has 3 heteroatoms. The Morgan fingerprint density at radius 3 is 2.68 bits per heavy atom. The lowest BCUT2D eigenvalue weighted by Crippen LogP contribution is -1.93. The molecule has 0 aliphatic rings. The minimum atomic E-state index is 0.468. The second kappa shape index (κ2) is 6.77. The van der Waals surface area contributed by atoms with Crippen molar-refractivity contribution in [1.29, 1.82) is 5.26 Å². The van der Waals surface area contributed by atoms with Crippen molar-refractivity contribution in [2.45, 2.75) is 0 Å². The van der Waals surface area contributed by atoms with Crippen LogP contribution in [0, 0.1) is 11.3 Å². The Morgan fingerprint density at radius 1 is 1.16 bits per heavy atom. The standard InChI is InChI=1S/C16H12BrNO/c17-15-9-14(12-18)10-16(11-15)19-8-4-7-13-5-2-1-3-6-13/h1-7,9-11H,8H2/b7-4+. The Bertz CT molecular complexity index is 614. The SMILES string of the molecule is N#Cc1cc(Br)cc(OC/C=C/c2ccccc2)c1. The van der Waals surface area contributed by atoms with Crippen molar-refractivity contribution in [3.8, 4) is 11.8 Å². The summed E-state index contributed by atoms with van der Waals surface area (Å²) in [6.07, 6.45) is 3.95. The van der Waals surface area contributed by atoms with Crippen LogP contribution in [0.3, 0.4) is 0 Å². The van der Waals surface area contributed by atoms with E-state index in [0.29, 0.717) is 17.9 Å². The number of hydrogen-bond acceptors (Lipinski definition) is 2. The molecule has 0 heterocycles. The van der Waals surface area contributed by atoms with Crippen molar-refractivity contribution >= 4 is 22.0 Å². The molecule has 0 aromatic heterocycles. The van der Waals surface area contributed by atoms with Crippen LogP contribution in [0.1, 0.15) is 11.1 Å². The molecule has 19 heavy (non-hydrogen) atoms. The molecule has 0 saturated carbocycles. The van der Waals surface area contributed by atoms with Gasteiger partial charge in [-0.2, -0.15) is 5.26 Å². The molecule has 0 bridgehead atoms. The highest BCUT2D eigenvalue weighted by molar-refractivity contribution is 9.10. The summed E-state index contributed by atoms with van der Waals surface area (Å²) >= 11 is 3.35. The highest BCUT2D eigenvalue weighted by atomic mass is 79.9. The van der Waals surface area contributed by atoms with Crippen molar-refractivity contribution < 1.29 is 4.74 Å². The van der Waals surface area contributed by atoms with E-state index in [1.165, 1.54) is 0 Å². The fourth-order valence-electron chi connectivity index (χ4n) is 1.60. The minimum absolute atomic E-state index is 0.468. The molecule has 0 fully saturated rings. The van der Waals surface area contributed by atoms with Crippen LogP contribution in [0.4, 0.5) is 0 Å². The molecule has 0 unspecified atom stereocenters. The zero-order chi connectivity index (χ0) is 13.5. The summed E-state index contributed by atoms with van der Waals surface area (Å²) in [5.74, 6) is 0.684. The van der Waals surface area contributed by atoms with E-state index >= 15 is 0 Å². The van der Waals surface area contributed by atoms with Crippen molar-refractivity contribution in [2.24, 2.45) is 0 Å². The smallest absolute Gasteiger partial charge is 0.122 e. The van der Waals surface area contributed by atoms with Gasteiger partial charge in [-0.05, 0) is 29.8 Å². The maximum atomic E-state index is 8.87. The van der Waals surface area contributed by atoms with Crippen LogP contribution >= 0.6 is 15.9 Å². The number of benzene rings is 2. The molecule has 0 spiro atoms. The number of nitriles is 1. The molecule has 0 radical (unpaired) electrons. The van der Waals surface area contributed by atoms with Crippen LogP contribution < -0.4 is 4.74 Å². The van der Waals surface area contributed by atoms with Gasteiger partial charge in [0.25, 0.3) is 0 Å². The van der Waals surface area contributed by atoms with Gasteiger partial charge in [0.1, 0.15) is 12.4 Å². The minimum Gasteiger partial charge on any atom is -0.489 e. The zero-order valence-electron chi connectivity index (χ0n) is 10.2. The average Bonchev–Trinajstić information content (AvgIpc) is 2.44. The first-order valence-electron chi connectivity index (χ1n) is 5.83. The summed E-state index contributed by atoms with van der Waals surface area (Å²) in [7, 11) is 0. The van der Waals surface area contributed by atoms with Gasteiger partial charge in [0.2, 0.25) is 0 Å². The van der Waals surface area contributed by atoms with Crippen molar-refractivity contribution in [1.82, 2.24) is 0 Å². The number of rotatable bonds is 4. The molecular formula is C16H12BrNO. The molecule has 2 aromatic carbocycles. The first-order valence-corrected chi connectivity index (χ1v) is 6.62. The summed E-state index contributed by atoms with van der Waals surface area (Å²) in [5.41, 5.74) is 1.72. The van der Waals surface area contributed by atoms with Crippen molar-refractivity contribution in [2.75, 3.05) is 6.61 Å². The van der Waals surface area contributed by atoms with Crippen molar-refractivity contribution in [3.05, 3.63) is 70.2 Å². The van der Waals surface area contributed by atoms with E-state index in [0.717, 1.165) is 10.0 Å². The van der Waals surface area contributed by atoms with Crippen LogP contribution in [-0.4, -0.2) is 6.61 Å². The fourth-order valence-corrected chi connectivity index (χ4v) is 2.08. The van der Waals surface area contributed by atoms with E-state index in [9.17, 15) is 0 Å². The second-order valence-electron chi connectivity index (χ2n) is 3.91. The van der Waals surface area contributed by atoms with Crippen molar-refractivity contribution in [3.63, 3.8) is 0 Å². The van der Waals surface area contributed by atoms with Gasteiger partial charge in [-0.25, -0.2) is 0 Å². The van der Waals surface area contributed by atoms with Crippen LogP contribution in [0.25, 0.3) is 6.08 Å². The third kappa shape index (κ3) is 4.27. The lowest BCUT2D eigenvalue weighted by Gasteiger charge is -2.04. The molecule has 0 amide bonds. The molecule has 2 rings (SSSR count). The van der Waals surface area contributed by atoms with Crippen LogP contribution in [0.15, 0.2) is 59.1 Å². The Morgan fingerprint density at radius 2 is 1.95 bits per heavy atom. The fraction of sp³-hybridized carbons (Fsp3) is 0.0625. The average molecular weight is 314 g/mol. The van der Waals surface area contributed by atoms with Crippen LogP contribution in [-0.2, 0) is 0 Å². The summed E-state index contributed by atoms with van der Waals surface area (Å²) in [4.78, 5) is 0. The summed E-state index contributed by atoms with van der Waals surface area (Å²) in [5, 5.41) is 8.87. The summed E-state index contributed by atoms with van der Waals surface area (Å²) in [6.45, 7) is 0.468. The van der Waals surface area contributed by atoms with Gasteiger partial charge in [-0.15, -0.1) is 0 Å². The van der Waals surface area contributed by atoms with Gasteiger partial charge < -0.3 is 4.74 Å². The normalized spacial score (nSPS) is 10.3. The molecule has 0 atom stereocenters. The number of hydrogen-bond donors (Lipinski definition) is 0. The largest absolute Gasteiger partial charge is 0.489 e. The van der Waals surface area contributed by atoms with Crippen LogP contribution in [0.5, 0.6) is 5.75 Å². The van der Waals surface area contributed by atoms with Gasteiger partial charge in [0, 0.05) is 4.47 Å². The topological polar surface area (TPSA) is 33.0 Å². The molecule has 2 nitrogen and oxygen atoms in total. The lowest BCUT2D eigenvalue weighted by atomic mass is 10.2. The maximum absolute atomic E-state index is 8.87. The van der Waals surface area contributed by atoms with E-state index in [-0.39, 0.29) is 0 Å². The molecule has 0 N–H and O–H groups in total. The highest BCUT2D eigenvalue weighted by Gasteiger charge is 1.98. The van der Waals surface area contributed by atoms with Gasteiger partial charge in [-0.1, -0.05) is 52.3 Å². The number of ether oxygens (including phenoxy) is 1. The summed E-state index contributed by atoms with van der Waals surface area (Å²) < 4.78 is 6.42.